The molecule has 1 fully saturated rings. The van der Waals surface area contributed by atoms with Crippen molar-refractivity contribution < 1.29 is 19.1 Å². The highest BCUT2D eigenvalue weighted by atomic mass is 32.2. The second-order valence-electron chi connectivity index (χ2n) is 12.5. The molecule has 2 N–H and O–H groups in total. The summed E-state index contributed by atoms with van der Waals surface area (Å²) in [5, 5.41) is 6.08. The first-order valence-electron chi connectivity index (χ1n) is 13.8. The number of hydrogen-bond donors (Lipinski definition) is 2. The number of nitrogens with one attached hydrogen (secondary N) is 2. The molecule has 0 aromatic heterocycles. The van der Waals surface area contributed by atoms with Crippen LogP contribution in [0.15, 0.2) is 18.2 Å². The van der Waals surface area contributed by atoms with E-state index in [1.165, 1.54) is 6.42 Å². The molecule has 1 aliphatic rings. The minimum Gasteiger partial charge on any atom is -0.444 e. The van der Waals surface area contributed by atoms with Gasteiger partial charge in [-0.25, -0.2) is 4.79 Å². The van der Waals surface area contributed by atoms with E-state index in [4.69, 9.17) is 4.74 Å². The predicted molar refractivity (Wildman–Crippen MR) is 156 cm³/mol. The molecule has 1 aromatic rings. The Labute approximate surface area is 234 Å². The fourth-order valence-corrected chi connectivity index (χ4v) is 5.54. The monoisotopic (exact) mass is 547 g/mol. The van der Waals surface area contributed by atoms with Crippen molar-refractivity contribution in [3.8, 4) is 0 Å². The van der Waals surface area contributed by atoms with Crippen LogP contribution in [0, 0.1) is 13.8 Å². The molecule has 0 bridgehead atoms. The molecule has 2 rings (SSSR count). The smallest absolute Gasteiger partial charge is 0.408 e. The van der Waals surface area contributed by atoms with Gasteiger partial charge in [-0.3, -0.25) is 9.59 Å². The van der Waals surface area contributed by atoms with Gasteiger partial charge in [0, 0.05) is 11.6 Å². The summed E-state index contributed by atoms with van der Waals surface area (Å²) >= 11 is 1.60. The molecule has 214 valence electrons. The van der Waals surface area contributed by atoms with E-state index in [9.17, 15) is 14.4 Å². The third kappa shape index (κ3) is 9.83. The van der Waals surface area contributed by atoms with Crippen molar-refractivity contribution in [1.29, 1.82) is 0 Å². The maximum absolute atomic E-state index is 14.3. The van der Waals surface area contributed by atoms with Gasteiger partial charge in [-0.15, -0.1) is 0 Å². The number of amides is 3. The number of carbonyl (C=O) groups excluding carboxylic acids is 3. The van der Waals surface area contributed by atoms with E-state index in [-0.39, 0.29) is 17.9 Å². The number of benzene rings is 1. The molecule has 0 aliphatic heterocycles. The zero-order chi connectivity index (χ0) is 28.7. The zero-order valence-electron chi connectivity index (χ0n) is 24.9. The maximum Gasteiger partial charge on any atom is 0.408 e. The molecule has 0 saturated heterocycles. The minimum absolute atomic E-state index is 0.105. The molecule has 3 amide bonds. The van der Waals surface area contributed by atoms with Gasteiger partial charge < -0.3 is 20.3 Å². The molecule has 2 atom stereocenters. The van der Waals surface area contributed by atoms with Crippen LogP contribution in [-0.4, -0.2) is 58.0 Å². The molecular weight excluding hydrogens is 498 g/mol. The first-order chi connectivity index (χ1) is 17.6. The van der Waals surface area contributed by atoms with Crippen LogP contribution in [-0.2, 0) is 14.3 Å². The van der Waals surface area contributed by atoms with E-state index < -0.39 is 29.3 Å². The normalized spacial score (nSPS) is 16.3. The molecule has 38 heavy (non-hydrogen) atoms. The summed E-state index contributed by atoms with van der Waals surface area (Å²) in [6.45, 7) is 15.2. The van der Waals surface area contributed by atoms with Crippen molar-refractivity contribution >= 4 is 29.7 Å². The van der Waals surface area contributed by atoms with E-state index in [2.05, 4.69) is 16.7 Å². The largest absolute Gasteiger partial charge is 0.444 e. The van der Waals surface area contributed by atoms with Gasteiger partial charge in [0.25, 0.3) is 0 Å². The fourth-order valence-electron chi connectivity index (χ4n) is 5.07. The standard InChI is InChI=1S/C30H49N3O4S/c1-20-17-21(2)19-22(18-20)25(26(34)31-23-13-11-10-12-14-23)33(29(3,4)5)27(35)24(15-16-38-9)32-28(36)37-30(6,7)8/h17-19,23-25H,10-16H2,1-9H3,(H,31,34)(H,32,36). The van der Waals surface area contributed by atoms with Gasteiger partial charge in [0.05, 0.1) is 0 Å². The van der Waals surface area contributed by atoms with E-state index in [0.29, 0.717) is 12.2 Å². The van der Waals surface area contributed by atoms with E-state index in [1.54, 1.807) is 37.4 Å². The Hall–Kier alpha value is -2.22. The van der Waals surface area contributed by atoms with E-state index in [1.807, 2.05) is 53.0 Å². The van der Waals surface area contributed by atoms with Crippen LogP contribution in [0.5, 0.6) is 0 Å². The number of hydrogen-bond acceptors (Lipinski definition) is 5. The number of rotatable bonds is 9. The Morgan fingerprint density at radius 1 is 1.00 bits per heavy atom. The molecule has 7 nitrogen and oxygen atoms in total. The number of ether oxygens (including phenoxy) is 1. The van der Waals surface area contributed by atoms with Crippen molar-refractivity contribution in [3.05, 3.63) is 34.9 Å². The molecule has 0 heterocycles. The summed E-state index contributed by atoms with van der Waals surface area (Å²) in [5.41, 5.74) is 1.45. The first kappa shape index (κ1) is 32.0. The molecular formula is C30H49N3O4S. The summed E-state index contributed by atoms with van der Waals surface area (Å²) in [6.07, 6.45) is 7.03. The molecule has 0 spiro atoms. The number of nitrogens with zero attached hydrogens (tertiary/aromatic N) is 1. The fraction of sp³-hybridized carbons (Fsp3) is 0.700. The molecule has 1 aromatic carbocycles. The zero-order valence-corrected chi connectivity index (χ0v) is 25.7. The van der Waals surface area contributed by atoms with Crippen LogP contribution in [0.2, 0.25) is 0 Å². The molecule has 8 heteroatoms. The topological polar surface area (TPSA) is 87.7 Å². The second kappa shape index (κ2) is 13.7. The first-order valence-corrected chi connectivity index (χ1v) is 15.2. The van der Waals surface area contributed by atoms with Gasteiger partial charge in [-0.05, 0) is 92.2 Å². The average molecular weight is 548 g/mol. The van der Waals surface area contributed by atoms with Gasteiger partial charge in [-0.2, -0.15) is 11.8 Å². The van der Waals surface area contributed by atoms with Crippen LogP contribution in [0.4, 0.5) is 4.79 Å². The van der Waals surface area contributed by atoms with Crippen molar-refractivity contribution in [3.63, 3.8) is 0 Å². The lowest BCUT2D eigenvalue weighted by Crippen LogP contribution is -2.59. The average Bonchev–Trinajstić information content (AvgIpc) is 2.77. The summed E-state index contributed by atoms with van der Waals surface area (Å²) in [7, 11) is 0. The Kier molecular flexibility index (Phi) is 11.6. The third-order valence-electron chi connectivity index (χ3n) is 6.58. The Bertz CT molecular complexity index is 941. The second-order valence-corrected chi connectivity index (χ2v) is 13.5. The van der Waals surface area contributed by atoms with E-state index >= 15 is 0 Å². The lowest BCUT2D eigenvalue weighted by atomic mass is 9.91. The van der Waals surface area contributed by atoms with Gasteiger partial charge in [0.1, 0.15) is 17.7 Å². The van der Waals surface area contributed by atoms with Gasteiger partial charge in [0.2, 0.25) is 11.8 Å². The molecule has 1 saturated carbocycles. The highest BCUT2D eigenvalue weighted by Crippen LogP contribution is 2.32. The number of aryl methyl sites for hydroxylation is 2. The quantitative estimate of drug-likeness (QED) is 0.392. The SMILES string of the molecule is CSCCC(NC(=O)OC(C)(C)C)C(=O)N(C(C(=O)NC1CCCCC1)c1cc(C)cc(C)c1)C(C)(C)C. The van der Waals surface area contributed by atoms with Gasteiger partial charge >= 0.3 is 6.09 Å². The van der Waals surface area contributed by atoms with Crippen molar-refractivity contribution in [1.82, 2.24) is 15.5 Å². The van der Waals surface area contributed by atoms with Crippen LogP contribution in [0.25, 0.3) is 0 Å². The Morgan fingerprint density at radius 3 is 2.08 bits per heavy atom. The number of thioether (sulfide) groups is 1. The van der Waals surface area contributed by atoms with Crippen LogP contribution in [0.3, 0.4) is 0 Å². The summed E-state index contributed by atoms with van der Waals surface area (Å²) in [4.78, 5) is 42.8. The Balaban J connectivity index is 2.54. The summed E-state index contributed by atoms with van der Waals surface area (Å²) in [6, 6.07) is 4.49. The highest BCUT2D eigenvalue weighted by molar-refractivity contribution is 7.98. The van der Waals surface area contributed by atoms with Gasteiger partial charge in [-0.1, -0.05) is 48.6 Å². The molecule has 1 aliphatic carbocycles. The van der Waals surface area contributed by atoms with Crippen molar-refractivity contribution in [2.24, 2.45) is 0 Å². The summed E-state index contributed by atoms with van der Waals surface area (Å²) in [5.74, 6) is 0.207. The third-order valence-corrected chi connectivity index (χ3v) is 7.22. The van der Waals surface area contributed by atoms with Gasteiger partial charge in [0.15, 0.2) is 0 Å². The molecule has 2 unspecified atom stereocenters. The summed E-state index contributed by atoms with van der Waals surface area (Å²) < 4.78 is 5.48. The van der Waals surface area contributed by atoms with Crippen LogP contribution < -0.4 is 10.6 Å². The Morgan fingerprint density at radius 2 is 1.58 bits per heavy atom. The lowest BCUT2D eigenvalue weighted by Gasteiger charge is -2.43. The molecule has 0 radical (unpaired) electrons. The lowest BCUT2D eigenvalue weighted by molar-refractivity contribution is -0.148. The maximum atomic E-state index is 14.3. The van der Waals surface area contributed by atoms with E-state index in [0.717, 1.165) is 42.4 Å². The highest BCUT2D eigenvalue weighted by Gasteiger charge is 2.42. The van der Waals surface area contributed by atoms with Crippen molar-refractivity contribution in [2.45, 2.75) is 123 Å². The predicted octanol–water partition coefficient (Wildman–Crippen LogP) is 6.07. The van der Waals surface area contributed by atoms with Crippen LogP contribution >= 0.6 is 11.8 Å². The number of alkyl carbamates (subject to hydrolysis) is 1. The van der Waals surface area contributed by atoms with Crippen LogP contribution in [0.1, 0.15) is 103 Å². The minimum atomic E-state index is -0.833. The van der Waals surface area contributed by atoms with Crippen molar-refractivity contribution in [2.75, 3.05) is 12.0 Å². The number of carbonyl (C=O) groups is 3.